The molecular weight excluding hydrogens is 825 g/mol. The van der Waals surface area contributed by atoms with Crippen LogP contribution in [0.4, 0.5) is 0 Å². The smallest absolute Gasteiger partial charge is 0.160 e. The third-order valence-electron chi connectivity index (χ3n) is 13.3. The molecule has 3 heterocycles. The van der Waals surface area contributed by atoms with Crippen LogP contribution in [-0.2, 0) is 0 Å². The molecule has 4 nitrogen and oxygen atoms in total. The van der Waals surface area contributed by atoms with E-state index >= 15 is 0 Å². The Hall–Kier alpha value is -9.12. The number of rotatable bonds is 8. The summed E-state index contributed by atoms with van der Waals surface area (Å²) in [6.45, 7) is 0. The second-order valence-corrected chi connectivity index (χ2v) is 17.4. The van der Waals surface area contributed by atoms with E-state index in [0.29, 0.717) is 5.82 Å². The zero-order chi connectivity index (χ0) is 45.0. The van der Waals surface area contributed by atoms with E-state index in [1.807, 2.05) is 12.1 Å². The molecule has 0 N–H and O–H groups in total. The minimum Gasteiger partial charge on any atom is -0.309 e. The van der Waals surface area contributed by atoms with Gasteiger partial charge in [-0.05, 0) is 100 Å². The van der Waals surface area contributed by atoms with E-state index in [0.717, 1.165) is 56.0 Å². The summed E-state index contributed by atoms with van der Waals surface area (Å²) >= 11 is 0. The van der Waals surface area contributed by atoms with Crippen LogP contribution in [0.1, 0.15) is 0 Å². The molecule has 13 rings (SSSR count). The fraction of sp³-hybridized carbons (Fsp3) is 0. The second kappa shape index (κ2) is 16.4. The average molecular weight is 867 g/mol. The van der Waals surface area contributed by atoms with E-state index < -0.39 is 0 Å². The van der Waals surface area contributed by atoms with Crippen molar-refractivity contribution in [3.63, 3.8) is 0 Å². The van der Waals surface area contributed by atoms with Crippen molar-refractivity contribution in [3.8, 4) is 78.7 Å². The van der Waals surface area contributed by atoms with E-state index in [-0.39, 0.29) is 0 Å². The number of aromatic nitrogens is 4. The molecular formula is C64H42N4. The quantitative estimate of drug-likeness (QED) is 0.153. The molecule has 0 saturated carbocycles. The third-order valence-corrected chi connectivity index (χ3v) is 13.3. The molecule has 0 bridgehead atoms. The highest BCUT2D eigenvalue weighted by Gasteiger charge is 2.22. The Morgan fingerprint density at radius 3 is 1.28 bits per heavy atom. The molecule has 10 aromatic carbocycles. The predicted octanol–water partition coefficient (Wildman–Crippen LogP) is 16.7. The Bertz CT molecular complexity index is 3910. The van der Waals surface area contributed by atoms with Crippen molar-refractivity contribution in [1.29, 1.82) is 0 Å². The highest BCUT2D eigenvalue weighted by atomic mass is 15.0. The van der Waals surface area contributed by atoms with Crippen molar-refractivity contribution in [2.24, 2.45) is 0 Å². The molecule has 0 unspecified atom stereocenters. The van der Waals surface area contributed by atoms with E-state index in [4.69, 9.17) is 9.97 Å². The van der Waals surface area contributed by atoms with Crippen molar-refractivity contribution in [3.05, 3.63) is 255 Å². The fourth-order valence-corrected chi connectivity index (χ4v) is 10.1. The zero-order valence-electron chi connectivity index (χ0n) is 37.0. The molecule has 68 heavy (non-hydrogen) atoms. The molecule has 3 aromatic heterocycles. The summed E-state index contributed by atoms with van der Waals surface area (Å²) in [5.74, 6) is 0.681. The summed E-state index contributed by atoms with van der Waals surface area (Å²) in [4.78, 5) is 10.4. The summed E-state index contributed by atoms with van der Waals surface area (Å²) < 4.78 is 4.91. The lowest BCUT2D eigenvalue weighted by molar-refractivity contribution is 1.16. The summed E-state index contributed by atoms with van der Waals surface area (Å²) in [6.07, 6.45) is 0. The van der Waals surface area contributed by atoms with Gasteiger partial charge in [0.1, 0.15) is 0 Å². The maximum atomic E-state index is 5.23. The molecule has 4 heteroatoms. The first-order valence-electron chi connectivity index (χ1n) is 23.1. The van der Waals surface area contributed by atoms with Crippen LogP contribution in [-0.4, -0.2) is 19.1 Å². The molecule has 13 aromatic rings. The van der Waals surface area contributed by atoms with Crippen molar-refractivity contribution >= 4 is 43.6 Å². The van der Waals surface area contributed by atoms with Crippen molar-refractivity contribution in [2.75, 3.05) is 0 Å². The van der Waals surface area contributed by atoms with Crippen LogP contribution in [0, 0.1) is 0 Å². The number of nitrogens with zero attached hydrogens (tertiary/aromatic N) is 4. The third kappa shape index (κ3) is 6.78. The monoisotopic (exact) mass is 866 g/mol. The predicted molar refractivity (Wildman–Crippen MR) is 283 cm³/mol. The molecule has 0 spiro atoms. The standard InChI is InChI=1S/C64H42N4/c1-5-17-43(18-6-1)46-29-31-48(32-30-46)58-42-57(47-23-11-4-12-24-47)65-64(66-58)49-33-35-52(36-34-49)68-59-27-15-13-25-54(59)55-37-38-61-62(63(55)68)56-26-14-16-28-60(56)67(61)53-40-50(44-19-7-2-8-20-44)39-51(41-53)45-21-9-3-10-22-45/h1-42H. The number of hydrogen-bond donors (Lipinski definition) is 0. The first-order chi connectivity index (χ1) is 33.7. The zero-order valence-corrected chi connectivity index (χ0v) is 37.0. The molecule has 0 amide bonds. The number of fused-ring (bicyclic) bond motifs is 7. The highest BCUT2D eigenvalue weighted by molar-refractivity contribution is 6.26. The van der Waals surface area contributed by atoms with Crippen molar-refractivity contribution in [1.82, 2.24) is 19.1 Å². The molecule has 0 atom stereocenters. The second-order valence-electron chi connectivity index (χ2n) is 17.4. The molecule has 0 aliphatic heterocycles. The van der Waals surface area contributed by atoms with Gasteiger partial charge in [-0.2, -0.15) is 0 Å². The van der Waals surface area contributed by atoms with Gasteiger partial charge in [-0.3, -0.25) is 0 Å². The SMILES string of the molecule is c1ccc(-c2ccc(-c3cc(-c4ccccc4)nc(-c4ccc(-n5c6ccccc6c6ccc7c(c8ccccc8n7-c7cc(-c8ccccc8)cc(-c8ccccc8)c7)c65)cc4)n3)cc2)cc1. The first-order valence-corrected chi connectivity index (χ1v) is 23.1. The maximum absolute atomic E-state index is 5.23. The van der Waals surface area contributed by atoms with E-state index in [2.05, 4.69) is 252 Å². The summed E-state index contributed by atoms with van der Waals surface area (Å²) in [5.41, 5.74) is 18.7. The highest BCUT2D eigenvalue weighted by Crippen LogP contribution is 2.43. The van der Waals surface area contributed by atoms with Crippen molar-refractivity contribution in [2.45, 2.75) is 0 Å². The van der Waals surface area contributed by atoms with Gasteiger partial charge >= 0.3 is 0 Å². The van der Waals surface area contributed by atoms with Crippen LogP contribution in [0.2, 0.25) is 0 Å². The molecule has 318 valence electrons. The Morgan fingerprint density at radius 2 is 0.691 bits per heavy atom. The summed E-state index contributed by atoms with van der Waals surface area (Å²) in [7, 11) is 0. The molecule has 0 aliphatic rings. The lowest BCUT2D eigenvalue weighted by Gasteiger charge is -2.14. The van der Waals surface area contributed by atoms with E-state index in [9.17, 15) is 0 Å². The fourth-order valence-electron chi connectivity index (χ4n) is 10.1. The molecule has 0 saturated heterocycles. The Morgan fingerprint density at radius 1 is 0.250 bits per heavy atom. The normalized spacial score (nSPS) is 11.5. The first kappa shape index (κ1) is 39.3. The number of benzene rings is 10. The summed E-state index contributed by atoms with van der Waals surface area (Å²) in [5, 5.41) is 4.84. The van der Waals surface area contributed by atoms with Gasteiger partial charge in [0.05, 0.1) is 33.5 Å². The van der Waals surface area contributed by atoms with Gasteiger partial charge < -0.3 is 9.13 Å². The Balaban J connectivity index is 0.983. The number of para-hydroxylation sites is 2. The van der Waals surface area contributed by atoms with Crippen LogP contribution in [0.3, 0.4) is 0 Å². The molecule has 0 fully saturated rings. The number of hydrogen-bond acceptors (Lipinski definition) is 2. The van der Waals surface area contributed by atoms with E-state index in [1.54, 1.807) is 0 Å². The lowest BCUT2D eigenvalue weighted by atomic mass is 9.98. The van der Waals surface area contributed by atoms with Crippen LogP contribution >= 0.6 is 0 Å². The van der Waals surface area contributed by atoms with Gasteiger partial charge in [0.25, 0.3) is 0 Å². The summed E-state index contributed by atoms with van der Waals surface area (Å²) in [6, 6.07) is 91.1. The van der Waals surface area contributed by atoms with Crippen LogP contribution in [0.15, 0.2) is 255 Å². The van der Waals surface area contributed by atoms with Gasteiger partial charge in [0, 0.05) is 49.6 Å². The van der Waals surface area contributed by atoms with Crippen LogP contribution in [0.25, 0.3) is 122 Å². The van der Waals surface area contributed by atoms with Crippen LogP contribution in [0.5, 0.6) is 0 Å². The molecule has 0 aliphatic carbocycles. The van der Waals surface area contributed by atoms with Gasteiger partial charge in [-0.1, -0.05) is 188 Å². The van der Waals surface area contributed by atoms with Gasteiger partial charge in [-0.25, -0.2) is 9.97 Å². The van der Waals surface area contributed by atoms with Crippen LogP contribution < -0.4 is 0 Å². The minimum atomic E-state index is 0.681. The minimum absolute atomic E-state index is 0.681. The maximum Gasteiger partial charge on any atom is 0.160 e. The van der Waals surface area contributed by atoms with E-state index in [1.165, 1.54) is 60.4 Å². The molecule has 0 radical (unpaired) electrons. The van der Waals surface area contributed by atoms with Gasteiger partial charge in [-0.15, -0.1) is 0 Å². The van der Waals surface area contributed by atoms with Gasteiger partial charge in [0.15, 0.2) is 5.82 Å². The Labute approximate surface area is 394 Å². The van der Waals surface area contributed by atoms with Gasteiger partial charge in [0.2, 0.25) is 0 Å². The average Bonchev–Trinajstić information content (AvgIpc) is 3.95. The topological polar surface area (TPSA) is 35.6 Å². The Kier molecular flexibility index (Phi) is 9.47. The largest absolute Gasteiger partial charge is 0.309 e. The lowest BCUT2D eigenvalue weighted by Crippen LogP contribution is -1.98. The van der Waals surface area contributed by atoms with Crippen molar-refractivity contribution < 1.29 is 0 Å².